The summed E-state index contributed by atoms with van der Waals surface area (Å²) in [5, 5.41) is -3.98. The molecule has 0 atom stereocenters. The highest BCUT2D eigenvalue weighted by Crippen LogP contribution is 2.55. The Morgan fingerprint density at radius 2 is 1.50 bits per heavy atom. The van der Waals surface area contributed by atoms with E-state index in [0.29, 0.717) is 19.3 Å². The summed E-state index contributed by atoms with van der Waals surface area (Å²) in [5.74, 6) is -14.8. The molecule has 0 saturated carbocycles. The Balaban J connectivity index is 1.96. The molecule has 0 bridgehead atoms. The number of benzene rings is 2. The van der Waals surface area contributed by atoms with Gasteiger partial charge < -0.3 is 0 Å². The van der Waals surface area contributed by atoms with Crippen LogP contribution >= 0.6 is 0 Å². The average Bonchev–Trinajstić information content (AvgIpc) is 3.15. The molecule has 2 aromatic rings. The van der Waals surface area contributed by atoms with E-state index in [0.717, 1.165) is 22.3 Å². The third-order valence-electron chi connectivity index (χ3n) is 5.57. The molecule has 0 radical (unpaired) electrons. The SMILES string of the molecule is CCCCC(=NOS(=O)(=O)C(F)(F)C(F)(F)C(F)(F)C(F)(F)F)c1ccc2c(c1)Cc1ccccc1-2. The molecule has 0 fully saturated rings. The van der Waals surface area contributed by atoms with Gasteiger partial charge >= 0.3 is 33.4 Å². The fraction of sp³-hybridized carbons (Fsp3) is 0.409. The molecule has 36 heavy (non-hydrogen) atoms. The predicted molar refractivity (Wildman–Crippen MR) is 112 cm³/mol. The molecule has 4 nitrogen and oxygen atoms in total. The van der Waals surface area contributed by atoms with E-state index < -0.39 is 33.4 Å². The maximum absolute atomic E-state index is 13.9. The fourth-order valence-electron chi connectivity index (χ4n) is 3.57. The van der Waals surface area contributed by atoms with Gasteiger partial charge in [0.25, 0.3) is 0 Å². The number of alkyl halides is 9. The normalized spacial score (nSPS) is 15.0. The maximum Gasteiger partial charge on any atom is 0.460 e. The third kappa shape index (κ3) is 4.55. The van der Waals surface area contributed by atoms with Gasteiger partial charge in [-0.1, -0.05) is 54.9 Å². The minimum atomic E-state index is -7.39. The zero-order valence-electron chi connectivity index (χ0n) is 18.4. The molecular formula is C22H18F9NO3S. The summed E-state index contributed by atoms with van der Waals surface area (Å²) in [5.41, 5.74) is 3.35. The van der Waals surface area contributed by atoms with Crippen LogP contribution in [0.25, 0.3) is 11.1 Å². The zero-order valence-corrected chi connectivity index (χ0v) is 19.2. The molecule has 0 heterocycles. The highest BCUT2D eigenvalue weighted by molar-refractivity contribution is 7.87. The molecule has 1 aliphatic carbocycles. The van der Waals surface area contributed by atoms with Crippen LogP contribution in [-0.2, 0) is 20.8 Å². The lowest BCUT2D eigenvalue weighted by Gasteiger charge is -2.31. The fourth-order valence-corrected chi connectivity index (χ4v) is 4.29. The van der Waals surface area contributed by atoms with Gasteiger partial charge in [0.2, 0.25) is 0 Å². The number of unbranched alkanes of at least 4 members (excludes halogenated alkanes) is 1. The van der Waals surface area contributed by atoms with Crippen molar-refractivity contribution in [2.75, 3.05) is 0 Å². The van der Waals surface area contributed by atoms with Crippen molar-refractivity contribution in [3.63, 3.8) is 0 Å². The van der Waals surface area contributed by atoms with E-state index in [9.17, 15) is 47.9 Å². The van der Waals surface area contributed by atoms with E-state index in [2.05, 4.69) is 9.44 Å². The summed E-state index contributed by atoms with van der Waals surface area (Å²) in [4.78, 5) is 0. The molecule has 0 unspecified atom stereocenters. The van der Waals surface area contributed by atoms with Crippen molar-refractivity contribution >= 4 is 15.8 Å². The van der Waals surface area contributed by atoms with Gasteiger partial charge in [-0.25, -0.2) is 0 Å². The molecule has 198 valence electrons. The van der Waals surface area contributed by atoms with Crippen LogP contribution in [0.4, 0.5) is 39.5 Å². The molecule has 0 aromatic heterocycles. The van der Waals surface area contributed by atoms with Gasteiger partial charge in [-0.15, -0.1) is 0 Å². The van der Waals surface area contributed by atoms with Gasteiger partial charge in [-0.2, -0.15) is 47.9 Å². The molecule has 14 heteroatoms. The van der Waals surface area contributed by atoms with Crippen molar-refractivity contribution in [2.24, 2.45) is 5.16 Å². The molecule has 0 saturated heterocycles. The Labute approximate surface area is 199 Å². The van der Waals surface area contributed by atoms with Crippen molar-refractivity contribution in [1.29, 1.82) is 0 Å². The minimum absolute atomic E-state index is 0.0988. The van der Waals surface area contributed by atoms with Crippen LogP contribution in [0, 0.1) is 0 Å². The van der Waals surface area contributed by atoms with Crippen molar-refractivity contribution in [1.82, 2.24) is 0 Å². The van der Waals surface area contributed by atoms with E-state index in [1.165, 1.54) is 6.07 Å². The number of nitrogens with zero attached hydrogens (tertiary/aromatic N) is 1. The zero-order chi connectivity index (χ0) is 27.2. The van der Waals surface area contributed by atoms with E-state index in [4.69, 9.17) is 0 Å². The van der Waals surface area contributed by atoms with Crippen LogP contribution in [-0.4, -0.2) is 37.4 Å². The predicted octanol–water partition coefficient (Wildman–Crippen LogP) is 6.92. The molecule has 2 aromatic carbocycles. The second-order valence-electron chi connectivity index (χ2n) is 8.04. The summed E-state index contributed by atoms with van der Waals surface area (Å²) in [6, 6.07) is 12.0. The van der Waals surface area contributed by atoms with Crippen molar-refractivity contribution in [3.8, 4) is 11.1 Å². The number of hydrogen-bond donors (Lipinski definition) is 0. The van der Waals surface area contributed by atoms with E-state index >= 15 is 0 Å². The van der Waals surface area contributed by atoms with Crippen LogP contribution in [0.2, 0.25) is 0 Å². The van der Waals surface area contributed by atoms with Crippen molar-refractivity contribution in [2.45, 2.75) is 55.9 Å². The van der Waals surface area contributed by atoms with Gasteiger partial charge in [-0.05, 0) is 53.1 Å². The van der Waals surface area contributed by atoms with Gasteiger partial charge in [0.15, 0.2) is 0 Å². The van der Waals surface area contributed by atoms with Gasteiger partial charge in [-0.3, -0.25) is 4.28 Å². The third-order valence-corrected chi connectivity index (χ3v) is 6.72. The first kappa shape index (κ1) is 27.8. The highest BCUT2D eigenvalue weighted by atomic mass is 32.2. The topological polar surface area (TPSA) is 55.7 Å². The Bertz CT molecular complexity index is 1270. The van der Waals surface area contributed by atoms with Crippen LogP contribution in [0.1, 0.15) is 42.9 Å². The second-order valence-corrected chi connectivity index (χ2v) is 9.61. The average molecular weight is 547 g/mol. The Morgan fingerprint density at radius 3 is 2.11 bits per heavy atom. The minimum Gasteiger partial charge on any atom is -0.264 e. The lowest BCUT2D eigenvalue weighted by Crippen LogP contribution is -2.63. The van der Waals surface area contributed by atoms with Gasteiger partial charge in [0, 0.05) is 0 Å². The first-order valence-electron chi connectivity index (χ1n) is 10.4. The van der Waals surface area contributed by atoms with E-state index in [1.807, 2.05) is 24.3 Å². The first-order chi connectivity index (χ1) is 16.5. The monoisotopic (exact) mass is 547 g/mol. The number of oxime groups is 1. The van der Waals surface area contributed by atoms with Crippen LogP contribution < -0.4 is 0 Å². The van der Waals surface area contributed by atoms with E-state index in [-0.39, 0.29) is 17.7 Å². The summed E-state index contributed by atoms with van der Waals surface area (Å²) in [7, 11) is -7.10. The van der Waals surface area contributed by atoms with Crippen LogP contribution in [0.5, 0.6) is 0 Å². The molecular weight excluding hydrogens is 529 g/mol. The van der Waals surface area contributed by atoms with Gasteiger partial charge in [0.1, 0.15) is 0 Å². The van der Waals surface area contributed by atoms with Crippen molar-refractivity contribution in [3.05, 3.63) is 59.2 Å². The molecule has 1 aliphatic rings. The molecule has 0 N–H and O–H groups in total. The molecule has 3 rings (SSSR count). The first-order valence-corrected chi connectivity index (χ1v) is 11.8. The highest BCUT2D eigenvalue weighted by Gasteiger charge is 2.86. The Morgan fingerprint density at radius 1 is 0.889 bits per heavy atom. The Hall–Kier alpha value is -2.77. The van der Waals surface area contributed by atoms with Crippen LogP contribution in [0.3, 0.4) is 0 Å². The van der Waals surface area contributed by atoms with E-state index in [1.54, 1.807) is 19.1 Å². The summed E-state index contributed by atoms with van der Waals surface area (Å²) in [6.45, 7) is 1.71. The molecule has 0 spiro atoms. The van der Waals surface area contributed by atoms with Crippen molar-refractivity contribution < 1.29 is 52.2 Å². The maximum atomic E-state index is 13.9. The molecule has 0 aliphatic heterocycles. The van der Waals surface area contributed by atoms with Gasteiger partial charge in [0.05, 0.1) is 5.71 Å². The largest absolute Gasteiger partial charge is 0.460 e. The number of halogens is 9. The Kier molecular flexibility index (Phi) is 7.16. The summed E-state index contributed by atoms with van der Waals surface area (Å²) in [6.07, 6.45) is -6.01. The summed E-state index contributed by atoms with van der Waals surface area (Å²) >= 11 is 0. The lowest BCUT2D eigenvalue weighted by molar-refractivity contribution is -0.382. The number of hydrogen-bond acceptors (Lipinski definition) is 4. The quantitative estimate of drug-likeness (QED) is 0.166. The lowest BCUT2D eigenvalue weighted by atomic mass is 9.99. The summed E-state index contributed by atoms with van der Waals surface area (Å²) < 4.78 is 145. The smallest absolute Gasteiger partial charge is 0.264 e. The second kappa shape index (κ2) is 9.27. The number of rotatable bonds is 9. The number of fused-ring (bicyclic) bond motifs is 3. The van der Waals surface area contributed by atoms with Crippen LogP contribution in [0.15, 0.2) is 47.6 Å². The molecule has 0 amide bonds. The standard InChI is InChI=1S/C22H18F9NO3S/c1-2-3-8-18(14-9-10-17-15(12-14)11-13-6-4-5-7-16(13)17)32-35-36(33,34)22(30,31)20(25,26)19(23,24)21(27,28)29/h4-7,9-10,12H,2-3,8,11H2,1H3.